The molecule has 0 aliphatic carbocycles. The minimum Gasteiger partial charge on any atom is -0.318 e. The van der Waals surface area contributed by atoms with Crippen molar-refractivity contribution in [1.29, 1.82) is 0 Å². The van der Waals surface area contributed by atoms with E-state index in [2.05, 4.69) is 5.32 Å². The van der Waals surface area contributed by atoms with E-state index in [4.69, 9.17) is 0 Å². The molecule has 3 rings (SSSR count). The van der Waals surface area contributed by atoms with Crippen molar-refractivity contribution in [3.05, 3.63) is 23.3 Å². The van der Waals surface area contributed by atoms with Gasteiger partial charge in [0.25, 0.3) is 11.7 Å². The van der Waals surface area contributed by atoms with Gasteiger partial charge < -0.3 is 5.32 Å². The van der Waals surface area contributed by atoms with Crippen LogP contribution in [0.1, 0.15) is 15.9 Å². The second kappa shape index (κ2) is 2.70. The molecule has 0 spiro atoms. The van der Waals surface area contributed by atoms with Crippen molar-refractivity contribution in [1.82, 2.24) is 0 Å². The molecule has 2 aliphatic heterocycles. The summed E-state index contributed by atoms with van der Waals surface area (Å²) in [5, 5.41) is 2.42. The monoisotopic (exact) mass is 237 g/mol. The lowest BCUT2D eigenvalue weighted by Gasteiger charge is -2.02. The zero-order chi connectivity index (χ0) is 11.5. The highest BCUT2D eigenvalue weighted by atomic mass is 32.2. The van der Waals surface area contributed by atoms with Crippen LogP contribution in [0, 0.1) is 0 Å². The smallest absolute Gasteiger partial charge is 0.296 e. The van der Waals surface area contributed by atoms with E-state index < -0.39 is 21.5 Å². The molecule has 0 unspecified atom stereocenters. The Balaban J connectivity index is 2.36. The number of carbonyl (C=O) groups excluding carboxylic acids is 2. The number of hydrogen-bond acceptors (Lipinski definition) is 4. The van der Waals surface area contributed by atoms with Gasteiger partial charge in [-0.05, 0) is 24.1 Å². The van der Waals surface area contributed by atoms with E-state index in [0.717, 1.165) is 0 Å². The van der Waals surface area contributed by atoms with Crippen LogP contribution in [0.5, 0.6) is 0 Å². The summed E-state index contributed by atoms with van der Waals surface area (Å²) >= 11 is 0. The van der Waals surface area contributed by atoms with Crippen LogP contribution >= 0.6 is 0 Å². The number of ketones is 1. The fourth-order valence-corrected chi connectivity index (χ4v) is 3.72. The fraction of sp³-hybridized carbons (Fsp3) is 0.200. The minimum atomic E-state index is -3.26. The number of carbonyl (C=O) groups is 2. The molecule has 1 aromatic rings. The van der Waals surface area contributed by atoms with Crippen LogP contribution in [0.15, 0.2) is 17.0 Å². The molecular weight excluding hydrogens is 230 g/mol. The zero-order valence-corrected chi connectivity index (χ0v) is 8.93. The van der Waals surface area contributed by atoms with E-state index in [0.29, 0.717) is 17.7 Å². The Morgan fingerprint density at radius 2 is 1.94 bits per heavy atom. The minimum absolute atomic E-state index is 0.0141. The van der Waals surface area contributed by atoms with Gasteiger partial charge in [0.05, 0.1) is 21.9 Å². The van der Waals surface area contributed by atoms with Crippen molar-refractivity contribution in [3.8, 4) is 0 Å². The van der Waals surface area contributed by atoms with Gasteiger partial charge in [0.1, 0.15) is 0 Å². The predicted octanol–water partition coefficient (Wildman–Crippen LogP) is 0.151. The standard InChI is InChI=1S/C10H7NO4S/c12-9-8-5-3-4-16(14,15)7(5)2-1-6(8)11-10(9)13/h1-2H,3-4H2,(H,11,12,13). The maximum absolute atomic E-state index is 11.6. The average molecular weight is 237 g/mol. The quantitative estimate of drug-likeness (QED) is 0.651. The molecule has 2 aliphatic rings. The SMILES string of the molecule is O=C1Nc2ccc3c(c2C1=O)CCS3(=O)=O. The third-order valence-corrected chi connectivity index (χ3v) is 4.70. The highest BCUT2D eigenvalue weighted by molar-refractivity contribution is 7.91. The van der Waals surface area contributed by atoms with E-state index in [1.54, 1.807) is 0 Å². The number of nitrogens with one attached hydrogen (secondary N) is 1. The number of rotatable bonds is 0. The van der Waals surface area contributed by atoms with E-state index in [1.807, 2.05) is 0 Å². The lowest BCUT2D eigenvalue weighted by atomic mass is 10.0. The van der Waals surface area contributed by atoms with Crippen LogP contribution in [-0.2, 0) is 21.1 Å². The van der Waals surface area contributed by atoms with Gasteiger partial charge >= 0.3 is 0 Å². The summed E-state index contributed by atoms with van der Waals surface area (Å²) in [6, 6.07) is 2.93. The molecule has 0 saturated heterocycles. The number of anilines is 1. The lowest BCUT2D eigenvalue weighted by Crippen LogP contribution is -2.13. The number of sulfone groups is 1. The van der Waals surface area contributed by atoms with Crippen LogP contribution in [-0.4, -0.2) is 25.9 Å². The van der Waals surface area contributed by atoms with Crippen molar-refractivity contribution < 1.29 is 18.0 Å². The van der Waals surface area contributed by atoms with E-state index in [9.17, 15) is 18.0 Å². The van der Waals surface area contributed by atoms with Crippen molar-refractivity contribution in [3.63, 3.8) is 0 Å². The largest absolute Gasteiger partial charge is 0.318 e. The summed E-state index contributed by atoms with van der Waals surface area (Å²) < 4.78 is 23.2. The Kier molecular flexibility index (Phi) is 1.61. The summed E-state index contributed by atoms with van der Waals surface area (Å²) in [4.78, 5) is 22.9. The molecule has 6 heteroatoms. The average Bonchev–Trinajstić information content (AvgIpc) is 2.67. The first-order chi connectivity index (χ1) is 7.50. The van der Waals surface area contributed by atoms with Crippen LogP contribution < -0.4 is 5.32 Å². The molecule has 16 heavy (non-hydrogen) atoms. The highest BCUT2D eigenvalue weighted by Crippen LogP contribution is 2.35. The first kappa shape index (κ1) is 9.53. The molecule has 0 saturated carbocycles. The molecule has 0 radical (unpaired) electrons. The second-order valence-corrected chi connectivity index (χ2v) is 5.89. The third-order valence-electron chi connectivity index (χ3n) is 2.91. The molecule has 82 valence electrons. The molecule has 0 bridgehead atoms. The lowest BCUT2D eigenvalue weighted by molar-refractivity contribution is -0.112. The predicted molar refractivity (Wildman–Crippen MR) is 55.2 cm³/mol. The van der Waals surface area contributed by atoms with E-state index >= 15 is 0 Å². The van der Waals surface area contributed by atoms with Crippen molar-refractivity contribution in [2.75, 3.05) is 11.1 Å². The van der Waals surface area contributed by atoms with Gasteiger partial charge in [-0.1, -0.05) is 0 Å². The van der Waals surface area contributed by atoms with Crippen molar-refractivity contribution in [2.45, 2.75) is 11.3 Å². The number of fused-ring (bicyclic) bond motifs is 3. The molecule has 5 nitrogen and oxygen atoms in total. The Hall–Kier alpha value is -1.69. The highest BCUT2D eigenvalue weighted by Gasteiger charge is 2.37. The first-order valence-corrected chi connectivity index (χ1v) is 6.40. The van der Waals surface area contributed by atoms with Crippen molar-refractivity contribution in [2.24, 2.45) is 0 Å². The number of benzene rings is 1. The van der Waals surface area contributed by atoms with Crippen LogP contribution in [0.3, 0.4) is 0 Å². The first-order valence-electron chi connectivity index (χ1n) is 4.75. The number of Topliss-reactive ketones (excluding diaryl/α,β-unsaturated/α-hetero) is 1. The molecule has 1 amide bonds. The van der Waals surface area contributed by atoms with Gasteiger partial charge in [-0.15, -0.1) is 0 Å². The van der Waals surface area contributed by atoms with Crippen LogP contribution in [0.4, 0.5) is 5.69 Å². The molecule has 0 aromatic heterocycles. The Labute approximate surface area is 91.4 Å². The van der Waals surface area contributed by atoms with Gasteiger partial charge in [0.2, 0.25) is 0 Å². The summed E-state index contributed by atoms with van der Waals surface area (Å²) in [7, 11) is -3.26. The number of hydrogen-bond donors (Lipinski definition) is 1. The summed E-state index contributed by atoms with van der Waals surface area (Å²) in [6.07, 6.45) is 0.307. The fourth-order valence-electron chi connectivity index (χ4n) is 2.17. The number of amides is 1. The molecule has 0 fully saturated rings. The van der Waals surface area contributed by atoms with Crippen molar-refractivity contribution >= 4 is 27.2 Å². The Morgan fingerprint density at radius 1 is 1.19 bits per heavy atom. The van der Waals surface area contributed by atoms with Gasteiger partial charge in [0.15, 0.2) is 9.84 Å². The zero-order valence-electron chi connectivity index (χ0n) is 8.11. The van der Waals surface area contributed by atoms with Gasteiger partial charge in [0, 0.05) is 0 Å². The summed E-state index contributed by atoms with van der Waals surface area (Å²) in [5.74, 6) is -1.31. The summed E-state index contributed by atoms with van der Waals surface area (Å²) in [6.45, 7) is 0. The summed E-state index contributed by atoms with van der Waals surface area (Å²) in [5.41, 5.74) is 1.15. The molecule has 1 aromatic carbocycles. The van der Waals surface area contributed by atoms with E-state index in [-0.39, 0.29) is 16.2 Å². The second-order valence-electron chi connectivity index (χ2n) is 3.82. The molecule has 2 heterocycles. The normalized spacial score (nSPS) is 20.5. The maximum atomic E-state index is 11.6. The molecular formula is C10H7NO4S. The Morgan fingerprint density at radius 3 is 2.69 bits per heavy atom. The molecule has 0 atom stereocenters. The van der Waals surface area contributed by atoms with Crippen LogP contribution in [0.25, 0.3) is 0 Å². The third kappa shape index (κ3) is 1.02. The van der Waals surface area contributed by atoms with E-state index in [1.165, 1.54) is 12.1 Å². The topological polar surface area (TPSA) is 80.3 Å². The van der Waals surface area contributed by atoms with Gasteiger partial charge in [-0.2, -0.15) is 0 Å². The maximum Gasteiger partial charge on any atom is 0.296 e. The van der Waals surface area contributed by atoms with Gasteiger partial charge in [-0.25, -0.2) is 8.42 Å². The molecule has 1 N–H and O–H groups in total. The van der Waals surface area contributed by atoms with Crippen LogP contribution in [0.2, 0.25) is 0 Å². The van der Waals surface area contributed by atoms with Gasteiger partial charge in [-0.3, -0.25) is 9.59 Å². The Bertz CT molecular complexity index is 645.